The van der Waals surface area contributed by atoms with Crippen LogP contribution in [0, 0.1) is 0 Å². The van der Waals surface area contributed by atoms with Crippen LogP contribution >= 0.6 is 0 Å². The average molecular weight is 351 g/mol. The first-order valence-corrected chi connectivity index (χ1v) is 5.50. The molecular weight excluding hydrogens is 351 g/mol. The predicted octanol–water partition coefficient (Wildman–Crippen LogP) is -5.62. The molecule has 0 aliphatic rings. The molecule has 0 rings (SSSR count). The van der Waals surface area contributed by atoms with E-state index in [2.05, 4.69) is 0 Å². The summed E-state index contributed by atoms with van der Waals surface area (Å²) >= 11 is -11.5. The van der Waals surface area contributed by atoms with Gasteiger partial charge in [0.25, 0.3) is 0 Å². The third kappa shape index (κ3) is 1060. The molecule has 0 aliphatic carbocycles. The molecule has 8 nitrogen and oxygen atoms in total. The van der Waals surface area contributed by atoms with Gasteiger partial charge in [0.1, 0.15) is 0 Å². The van der Waals surface area contributed by atoms with Crippen LogP contribution in [-0.2, 0) is 42.4 Å². The van der Waals surface area contributed by atoms with E-state index in [4.69, 9.17) is 31.8 Å². The van der Waals surface area contributed by atoms with Crippen molar-refractivity contribution >= 4 is 23.9 Å². The Labute approximate surface area is 82.6 Å². The third-order valence-corrected chi connectivity index (χ3v) is 0. The van der Waals surface area contributed by atoms with Gasteiger partial charge in [0.05, 0.1) is 0 Å². The summed E-state index contributed by atoms with van der Waals surface area (Å²) in [5.41, 5.74) is 0. The van der Waals surface area contributed by atoms with Crippen molar-refractivity contribution in [1.29, 1.82) is 0 Å². The fraction of sp³-hybridized carbons (Fsp3) is 0. The van der Waals surface area contributed by atoms with Crippen LogP contribution in [0.25, 0.3) is 0 Å². The van der Waals surface area contributed by atoms with Gasteiger partial charge in [-0.2, -0.15) is 0 Å². The SMILES string of the molecule is [O]=[Cr](=[O])([O-])[O-].[O]=[Cr](=[O])([O-])[O-].[Sn+4]. The summed E-state index contributed by atoms with van der Waals surface area (Å²) < 4.78 is 68.8. The fourth-order valence-corrected chi connectivity index (χ4v) is 0. The minimum Gasteiger partial charge on any atom is 4.00 e. The largest absolute Gasteiger partial charge is 4.00 e. The summed E-state index contributed by atoms with van der Waals surface area (Å²) in [6, 6.07) is 0. The van der Waals surface area contributed by atoms with Gasteiger partial charge in [-0.25, -0.2) is 0 Å². The molecule has 0 radical (unpaired) electrons. The van der Waals surface area contributed by atoms with Crippen molar-refractivity contribution in [3.63, 3.8) is 0 Å². The molecule has 0 aliphatic heterocycles. The van der Waals surface area contributed by atoms with Crippen LogP contribution in [0.15, 0.2) is 0 Å². The Balaban J connectivity index is -0.000000107. The molecule has 11 heavy (non-hydrogen) atoms. The Bertz CT molecular complexity index is 208. The summed E-state index contributed by atoms with van der Waals surface area (Å²) in [6.07, 6.45) is 0. The van der Waals surface area contributed by atoms with Gasteiger partial charge in [0, 0.05) is 0 Å². The van der Waals surface area contributed by atoms with E-state index in [0.29, 0.717) is 0 Å². The van der Waals surface area contributed by atoms with Gasteiger partial charge in [-0.1, -0.05) is 0 Å². The molecule has 0 fully saturated rings. The van der Waals surface area contributed by atoms with Gasteiger partial charge in [0.15, 0.2) is 0 Å². The van der Waals surface area contributed by atoms with E-state index in [0.717, 1.165) is 0 Å². The van der Waals surface area contributed by atoms with Crippen molar-refractivity contribution in [3.8, 4) is 0 Å². The predicted molar refractivity (Wildman–Crippen MR) is 8.50 cm³/mol. The van der Waals surface area contributed by atoms with E-state index in [-0.39, 0.29) is 23.9 Å². The molecule has 0 heterocycles. The fourth-order valence-electron chi connectivity index (χ4n) is 0. The summed E-state index contributed by atoms with van der Waals surface area (Å²) in [4.78, 5) is 0. The molecular formula is Cr2O8Sn. The van der Waals surface area contributed by atoms with Crippen molar-refractivity contribution < 1.29 is 59.1 Å². The molecule has 0 unspecified atom stereocenters. The first kappa shape index (κ1) is 17.9. The molecule has 0 aromatic carbocycles. The zero-order valence-corrected chi connectivity index (χ0v) is 9.99. The summed E-state index contributed by atoms with van der Waals surface area (Å²) in [5, 5.41) is 0. The average Bonchev–Trinajstić information content (AvgIpc) is 1.12. The van der Waals surface area contributed by atoms with Gasteiger partial charge in [-0.05, 0) is 0 Å². The maximum absolute atomic E-state index is 8.59. The molecule has 0 aromatic heterocycles. The number of rotatable bonds is 0. The van der Waals surface area contributed by atoms with Gasteiger partial charge < -0.3 is 0 Å². The Kier molecular flexibility index (Phi) is 10.4. The van der Waals surface area contributed by atoms with E-state index in [1.54, 1.807) is 0 Å². The maximum Gasteiger partial charge on any atom is 4.00 e. The van der Waals surface area contributed by atoms with Crippen LogP contribution in [0.5, 0.6) is 0 Å². The molecule has 0 N–H and O–H groups in total. The second kappa shape index (κ2) is 6.42. The van der Waals surface area contributed by atoms with Gasteiger partial charge in [0.2, 0.25) is 0 Å². The Morgan fingerprint density at radius 3 is 0.636 bits per heavy atom. The standard InChI is InChI=1S/2Cr.8O.Sn/q;;;;;;4*-1;+4. The first-order valence-electron chi connectivity index (χ1n) is 1.33. The molecule has 0 amide bonds. The minimum absolute atomic E-state index is 0. The molecule has 64 valence electrons. The van der Waals surface area contributed by atoms with Gasteiger partial charge in [-0.15, -0.1) is 0 Å². The molecule has 0 aromatic rings. The third-order valence-electron chi connectivity index (χ3n) is 0. The Morgan fingerprint density at radius 2 is 0.636 bits per heavy atom. The molecule has 0 saturated carbocycles. The number of hydrogen-bond acceptors (Lipinski definition) is 8. The minimum atomic E-state index is -5.75. The van der Waals surface area contributed by atoms with Crippen molar-refractivity contribution in [2.75, 3.05) is 0 Å². The molecule has 0 bridgehead atoms. The van der Waals surface area contributed by atoms with E-state index in [1.807, 2.05) is 0 Å². The Hall–Kier alpha value is 0.904. The second-order valence-corrected chi connectivity index (χ2v) is 3.37. The van der Waals surface area contributed by atoms with E-state index < -0.39 is 27.2 Å². The zero-order chi connectivity index (χ0) is 9.00. The van der Waals surface area contributed by atoms with Crippen LogP contribution in [0.3, 0.4) is 0 Å². The van der Waals surface area contributed by atoms with Crippen molar-refractivity contribution in [1.82, 2.24) is 0 Å². The van der Waals surface area contributed by atoms with Crippen LogP contribution in [0.4, 0.5) is 0 Å². The topological polar surface area (TPSA) is 161 Å². The maximum atomic E-state index is 8.59. The normalized spacial score (nSPS) is 10.5. The summed E-state index contributed by atoms with van der Waals surface area (Å²) in [7, 11) is 0. The van der Waals surface area contributed by atoms with Crippen molar-refractivity contribution in [2.45, 2.75) is 0 Å². The summed E-state index contributed by atoms with van der Waals surface area (Å²) in [6.45, 7) is 0. The van der Waals surface area contributed by atoms with Gasteiger partial charge in [-0.3, -0.25) is 0 Å². The van der Waals surface area contributed by atoms with E-state index >= 15 is 0 Å². The second-order valence-electron chi connectivity index (χ2n) is 0.816. The summed E-state index contributed by atoms with van der Waals surface area (Å²) in [5.74, 6) is 0. The molecule has 0 spiro atoms. The Morgan fingerprint density at radius 1 is 0.636 bits per heavy atom. The first-order chi connectivity index (χ1) is 4.00. The molecule has 0 saturated heterocycles. The van der Waals surface area contributed by atoms with Crippen LogP contribution in [0.2, 0.25) is 0 Å². The smallest absolute Gasteiger partial charge is 4.00 e. The van der Waals surface area contributed by atoms with Crippen LogP contribution in [-0.4, -0.2) is 23.9 Å². The van der Waals surface area contributed by atoms with E-state index in [9.17, 15) is 0 Å². The molecule has 0 atom stereocenters. The van der Waals surface area contributed by atoms with Crippen LogP contribution < -0.4 is 16.6 Å². The van der Waals surface area contributed by atoms with Crippen molar-refractivity contribution in [3.05, 3.63) is 0 Å². The van der Waals surface area contributed by atoms with E-state index in [1.165, 1.54) is 0 Å². The van der Waals surface area contributed by atoms with Crippen LogP contribution in [0.1, 0.15) is 0 Å². The number of hydrogen-bond donors (Lipinski definition) is 0. The van der Waals surface area contributed by atoms with Crippen molar-refractivity contribution in [2.24, 2.45) is 0 Å². The monoisotopic (exact) mass is 352 g/mol. The van der Waals surface area contributed by atoms with Gasteiger partial charge >= 0.3 is 83.0 Å². The quantitative estimate of drug-likeness (QED) is 0.390. The zero-order valence-electron chi connectivity index (χ0n) is 4.58. The molecule has 11 heteroatoms.